The van der Waals surface area contributed by atoms with Crippen LogP contribution in [0.4, 0.5) is 0 Å². The van der Waals surface area contributed by atoms with Gasteiger partial charge in [-0.05, 0) is 12.3 Å². The summed E-state index contributed by atoms with van der Waals surface area (Å²) < 4.78 is 0. The van der Waals surface area contributed by atoms with E-state index in [-0.39, 0.29) is 10.7 Å². The second-order valence-electron chi connectivity index (χ2n) is 4.90. The summed E-state index contributed by atoms with van der Waals surface area (Å²) in [4.78, 5) is 16.4. The van der Waals surface area contributed by atoms with Crippen LogP contribution in [0.5, 0.6) is 0 Å². The predicted molar refractivity (Wildman–Crippen MR) is 70.9 cm³/mol. The molecule has 1 unspecified atom stereocenters. The van der Waals surface area contributed by atoms with Gasteiger partial charge in [0, 0.05) is 32.7 Å². The van der Waals surface area contributed by atoms with Crippen molar-refractivity contribution in [3.05, 3.63) is 0 Å². The second-order valence-corrected chi connectivity index (χ2v) is 6.00. The number of amides is 1. The van der Waals surface area contributed by atoms with E-state index >= 15 is 0 Å². The number of hydrogen-bond acceptors (Lipinski definition) is 2. The highest BCUT2D eigenvalue weighted by Gasteiger charge is 2.24. The highest BCUT2D eigenvalue weighted by atomic mass is 79.9. The van der Waals surface area contributed by atoms with Crippen molar-refractivity contribution < 1.29 is 4.79 Å². The Bertz CT molecular complexity index is 225. The quantitative estimate of drug-likeness (QED) is 0.739. The molecule has 3 nitrogen and oxygen atoms in total. The van der Waals surface area contributed by atoms with Crippen molar-refractivity contribution >= 4 is 21.8 Å². The molecule has 0 aromatic rings. The van der Waals surface area contributed by atoms with Gasteiger partial charge in [-0.3, -0.25) is 9.69 Å². The van der Waals surface area contributed by atoms with Gasteiger partial charge in [0.05, 0.1) is 4.83 Å². The van der Waals surface area contributed by atoms with Crippen molar-refractivity contribution in [2.75, 3.05) is 32.7 Å². The average Bonchev–Trinajstić information content (AvgIpc) is 2.27. The van der Waals surface area contributed by atoms with Crippen LogP contribution in [0.2, 0.25) is 0 Å². The fraction of sp³-hybridized carbons (Fsp3) is 0.917. The number of rotatable bonds is 4. The van der Waals surface area contributed by atoms with E-state index in [2.05, 4.69) is 34.7 Å². The van der Waals surface area contributed by atoms with Gasteiger partial charge >= 0.3 is 0 Å². The molecule has 1 aliphatic rings. The maximum Gasteiger partial charge on any atom is 0.236 e. The molecule has 1 atom stereocenters. The van der Waals surface area contributed by atoms with Crippen LogP contribution in [0.1, 0.15) is 27.2 Å². The predicted octanol–water partition coefficient (Wildman–Crippen LogP) is 1.96. The Morgan fingerprint density at radius 1 is 1.25 bits per heavy atom. The number of piperazine rings is 1. The maximum atomic E-state index is 11.9. The van der Waals surface area contributed by atoms with Gasteiger partial charge in [-0.1, -0.05) is 36.7 Å². The summed E-state index contributed by atoms with van der Waals surface area (Å²) in [6, 6.07) is 0. The average molecular weight is 291 g/mol. The van der Waals surface area contributed by atoms with Crippen LogP contribution in [0.15, 0.2) is 0 Å². The summed E-state index contributed by atoms with van der Waals surface area (Å²) in [5.41, 5.74) is 0. The third kappa shape index (κ3) is 4.06. The minimum absolute atomic E-state index is 0.00384. The Hall–Kier alpha value is -0.0900. The minimum atomic E-state index is 0.00384. The lowest BCUT2D eigenvalue weighted by Gasteiger charge is -2.36. The molecule has 1 rings (SSSR count). The molecule has 0 aromatic heterocycles. The van der Waals surface area contributed by atoms with Gasteiger partial charge < -0.3 is 4.90 Å². The normalized spacial score (nSPS) is 20.2. The van der Waals surface area contributed by atoms with Gasteiger partial charge in [0.1, 0.15) is 0 Å². The van der Waals surface area contributed by atoms with Gasteiger partial charge in [0.2, 0.25) is 5.91 Å². The topological polar surface area (TPSA) is 23.6 Å². The molecule has 0 saturated carbocycles. The first-order valence-electron chi connectivity index (χ1n) is 6.19. The fourth-order valence-electron chi connectivity index (χ4n) is 2.04. The first kappa shape index (κ1) is 14.0. The van der Waals surface area contributed by atoms with Crippen molar-refractivity contribution in [2.45, 2.75) is 32.0 Å². The fourth-order valence-corrected chi connectivity index (χ4v) is 2.33. The molecule has 0 N–H and O–H groups in total. The standard InChI is InChI=1S/C12H23BrN2O/c1-4-11(13)12(16)15-7-5-14(6-8-15)9-10(2)3/h10-11H,4-9H2,1-3H3. The molecule has 0 spiro atoms. The van der Waals surface area contributed by atoms with Gasteiger partial charge in [0.25, 0.3) is 0 Å². The van der Waals surface area contributed by atoms with Gasteiger partial charge in [-0.15, -0.1) is 0 Å². The van der Waals surface area contributed by atoms with E-state index in [0.717, 1.165) is 39.1 Å². The molecule has 1 heterocycles. The van der Waals surface area contributed by atoms with E-state index in [1.165, 1.54) is 0 Å². The number of nitrogens with zero attached hydrogens (tertiary/aromatic N) is 2. The number of carbonyl (C=O) groups excluding carboxylic acids is 1. The van der Waals surface area contributed by atoms with E-state index in [0.29, 0.717) is 5.92 Å². The molecule has 1 fully saturated rings. The van der Waals surface area contributed by atoms with Crippen molar-refractivity contribution in [1.29, 1.82) is 0 Å². The number of carbonyl (C=O) groups is 1. The second kappa shape index (κ2) is 6.60. The van der Waals surface area contributed by atoms with E-state index in [1.807, 2.05) is 11.8 Å². The lowest BCUT2D eigenvalue weighted by Crippen LogP contribution is -2.51. The Balaban J connectivity index is 2.34. The van der Waals surface area contributed by atoms with Crippen LogP contribution in [0.25, 0.3) is 0 Å². The molecule has 1 aliphatic heterocycles. The third-order valence-corrected chi connectivity index (χ3v) is 3.97. The molecule has 16 heavy (non-hydrogen) atoms. The summed E-state index contributed by atoms with van der Waals surface area (Å²) >= 11 is 3.43. The molecule has 1 amide bonds. The van der Waals surface area contributed by atoms with Crippen molar-refractivity contribution in [1.82, 2.24) is 9.80 Å². The van der Waals surface area contributed by atoms with Gasteiger partial charge in [-0.25, -0.2) is 0 Å². The molecule has 1 saturated heterocycles. The minimum Gasteiger partial charge on any atom is -0.339 e. The van der Waals surface area contributed by atoms with Crippen LogP contribution < -0.4 is 0 Å². The van der Waals surface area contributed by atoms with Crippen molar-refractivity contribution in [3.8, 4) is 0 Å². The Morgan fingerprint density at radius 3 is 2.25 bits per heavy atom. The largest absolute Gasteiger partial charge is 0.339 e. The molecule has 0 bridgehead atoms. The highest BCUT2D eigenvalue weighted by molar-refractivity contribution is 9.10. The zero-order valence-corrected chi connectivity index (χ0v) is 12.2. The van der Waals surface area contributed by atoms with E-state index in [9.17, 15) is 4.79 Å². The molecule has 94 valence electrons. The molecule has 4 heteroatoms. The molecular formula is C12H23BrN2O. The van der Waals surface area contributed by atoms with E-state index in [1.54, 1.807) is 0 Å². The van der Waals surface area contributed by atoms with Crippen LogP contribution in [-0.4, -0.2) is 53.3 Å². The van der Waals surface area contributed by atoms with E-state index < -0.39 is 0 Å². The summed E-state index contributed by atoms with van der Waals surface area (Å²) in [6.07, 6.45) is 0.866. The summed E-state index contributed by atoms with van der Waals surface area (Å²) in [6.45, 7) is 11.5. The van der Waals surface area contributed by atoms with Crippen LogP contribution >= 0.6 is 15.9 Å². The summed E-state index contributed by atoms with van der Waals surface area (Å²) in [7, 11) is 0. The van der Waals surface area contributed by atoms with Crippen LogP contribution in [-0.2, 0) is 4.79 Å². The summed E-state index contributed by atoms with van der Waals surface area (Å²) in [5, 5.41) is 0. The summed E-state index contributed by atoms with van der Waals surface area (Å²) in [5.74, 6) is 0.966. The lowest BCUT2D eigenvalue weighted by atomic mass is 10.2. The van der Waals surface area contributed by atoms with Crippen LogP contribution in [0, 0.1) is 5.92 Å². The SMILES string of the molecule is CCC(Br)C(=O)N1CCN(CC(C)C)CC1. The first-order chi connectivity index (χ1) is 7.54. The Morgan fingerprint density at radius 2 is 1.81 bits per heavy atom. The van der Waals surface area contributed by atoms with Crippen LogP contribution in [0.3, 0.4) is 0 Å². The third-order valence-electron chi connectivity index (χ3n) is 2.93. The van der Waals surface area contributed by atoms with Gasteiger partial charge in [0.15, 0.2) is 0 Å². The monoisotopic (exact) mass is 290 g/mol. The molecule has 0 radical (unpaired) electrons. The maximum absolute atomic E-state index is 11.9. The Kier molecular flexibility index (Phi) is 5.76. The number of halogens is 1. The Labute approximate surface area is 107 Å². The zero-order valence-electron chi connectivity index (χ0n) is 10.6. The van der Waals surface area contributed by atoms with Crippen molar-refractivity contribution in [2.24, 2.45) is 5.92 Å². The molecule has 0 aliphatic carbocycles. The highest BCUT2D eigenvalue weighted by Crippen LogP contribution is 2.12. The lowest BCUT2D eigenvalue weighted by molar-refractivity contribution is -0.132. The number of hydrogen-bond donors (Lipinski definition) is 0. The van der Waals surface area contributed by atoms with Gasteiger partial charge in [-0.2, -0.15) is 0 Å². The van der Waals surface area contributed by atoms with E-state index in [4.69, 9.17) is 0 Å². The smallest absolute Gasteiger partial charge is 0.236 e. The number of alkyl halides is 1. The molecule has 0 aromatic carbocycles. The zero-order chi connectivity index (χ0) is 12.1. The first-order valence-corrected chi connectivity index (χ1v) is 7.11. The molecular weight excluding hydrogens is 268 g/mol. The van der Waals surface area contributed by atoms with Crippen molar-refractivity contribution in [3.63, 3.8) is 0 Å².